The molecular formula is C22H26N2O2S. The van der Waals surface area contributed by atoms with Gasteiger partial charge in [-0.05, 0) is 49.8 Å². The lowest BCUT2D eigenvalue weighted by atomic mass is 10.1. The summed E-state index contributed by atoms with van der Waals surface area (Å²) in [7, 11) is 0. The summed E-state index contributed by atoms with van der Waals surface area (Å²) >= 11 is 1.69. The van der Waals surface area contributed by atoms with Crippen molar-refractivity contribution in [1.82, 2.24) is 9.55 Å². The van der Waals surface area contributed by atoms with E-state index in [0.29, 0.717) is 17.9 Å². The number of aryl methyl sites for hydroxylation is 2. The number of unbranched alkanes of at least 4 members (excludes halogenated alkanes) is 2. The molecule has 2 aromatic heterocycles. The third kappa shape index (κ3) is 4.48. The molecule has 0 aliphatic rings. The Morgan fingerprint density at radius 3 is 2.63 bits per heavy atom. The number of aromatic nitrogens is 2. The highest BCUT2D eigenvalue weighted by atomic mass is 32.1. The average molecular weight is 383 g/mol. The molecule has 0 aliphatic carbocycles. The second-order valence-electron chi connectivity index (χ2n) is 6.76. The lowest BCUT2D eigenvalue weighted by Crippen LogP contribution is -2.29. The van der Waals surface area contributed by atoms with Crippen LogP contribution in [0.15, 0.2) is 46.6 Å². The maximum atomic E-state index is 13.3. The molecule has 0 saturated heterocycles. The molecule has 27 heavy (non-hydrogen) atoms. The number of hydrogen-bond donors (Lipinski definition) is 1. The normalized spacial score (nSPS) is 11.0. The second-order valence-corrected chi connectivity index (χ2v) is 7.79. The molecule has 0 amide bonds. The molecule has 2 heterocycles. The van der Waals surface area contributed by atoms with E-state index in [0.717, 1.165) is 43.4 Å². The number of benzene rings is 1. The molecule has 0 unspecified atom stereocenters. The Kier molecular flexibility index (Phi) is 6.45. The number of aromatic hydroxyl groups is 1. The topological polar surface area (TPSA) is 55.1 Å². The molecule has 4 nitrogen and oxygen atoms in total. The molecule has 0 bridgehead atoms. The van der Waals surface area contributed by atoms with Gasteiger partial charge in [-0.2, -0.15) is 0 Å². The van der Waals surface area contributed by atoms with Crippen LogP contribution in [0.5, 0.6) is 5.75 Å². The molecule has 3 rings (SSSR count). The zero-order valence-electron chi connectivity index (χ0n) is 15.9. The van der Waals surface area contributed by atoms with E-state index in [1.54, 1.807) is 28.0 Å². The van der Waals surface area contributed by atoms with Crippen molar-refractivity contribution in [3.8, 4) is 17.1 Å². The second kappa shape index (κ2) is 9.00. The first-order valence-electron chi connectivity index (χ1n) is 9.53. The van der Waals surface area contributed by atoms with E-state index < -0.39 is 0 Å². The zero-order valence-corrected chi connectivity index (χ0v) is 16.8. The summed E-state index contributed by atoms with van der Waals surface area (Å²) in [4.78, 5) is 19.3. The smallest absolute Gasteiger partial charge is 0.257 e. The van der Waals surface area contributed by atoms with Crippen LogP contribution in [0.25, 0.3) is 11.4 Å². The molecule has 0 aliphatic heterocycles. The molecular weight excluding hydrogens is 356 g/mol. The van der Waals surface area contributed by atoms with Crippen molar-refractivity contribution in [3.63, 3.8) is 0 Å². The van der Waals surface area contributed by atoms with Gasteiger partial charge >= 0.3 is 0 Å². The van der Waals surface area contributed by atoms with E-state index >= 15 is 0 Å². The van der Waals surface area contributed by atoms with E-state index in [9.17, 15) is 9.90 Å². The van der Waals surface area contributed by atoms with Crippen molar-refractivity contribution in [2.75, 3.05) is 0 Å². The van der Waals surface area contributed by atoms with Crippen LogP contribution < -0.4 is 5.56 Å². The van der Waals surface area contributed by atoms with Crippen molar-refractivity contribution in [1.29, 1.82) is 0 Å². The highest BCUT2D eigenvalue weighted by molar-refractivity contribution is 7.09. The minimum Gasteiger partial charge on any atom is -0.507 e. The Labute approximate surface area is 164 Å². The summed E-state index contributed by atoms with van der Waals surface area (Å²) in [5, 5.41) is 12.4. The van der Waals surface area contributed by atoms with Crippen LogP contribution in [0.4, 0.5) is 0 Å². The van der Waals surface area contributed by atoms with Crippen LogP contribution in [0.3, 0.4) is 0 Å². The van der Waals surface area contributed by atoms with E-state index in [2.05, 4.69) is 13.0 Å². The third-order valence-corrected chi connectivity index (χ3v) is 5.74. The fraction of sp³-hybridized carbons (Fsp3) is 0.364. The molecule has 1 aromatic carbocycles. The van der Waals surface area contributed by atoms with E-state index in [1.807, 2.05) is 30.5 Å². The maximum Gasteiger partial charge on any atom is 0.257 e. The van der Waals surface area contributed by atoms with Gasteiger partial charge in [-0.3, -0.25) is 9.36 Å². The van der Waals surface area contributed by atoms with Gasteiger partial charge in [0.1, 0.15) is 11.6 Å². The number of phenols is 1. The molecule has 3 aromatic rings. The van der Waals surface area contributed by atoms with Gasteiger partial charge in [0.15, 0.2) is 0 Å². The van der Waals surface area contributed by atoms with Crippen molar-refractivity contribution >= 4 is 11.3 Å². The molecule has 142 valence electrons. The predicted molar refractivity (Wildman–Crippen MR) is 112 cm³/mol. The summed E-state index contributed by atoms with van der Waals surface area (Å²) in [6.45, 7) is 4.61. The largest absolute Gasteiger partial charge is 0.507 e. The van der Waals surface area contributed by atoms with Crippen LogP contribution in [0.1, 0.15) is 42.3 Å². The fourth-order valence-electron chi connectivity index (χ4n) is 3.29. The summed E-state index contributed by atoms with van der Waals surface area (Å²) in [6.07, 6.45) is 4.75. The lowest BCUT2D eigenvalue weighted by molar-refractivity contribution is 0.476. The molecule has 0 atom stereocenters. The summed E-state index contributed by atoms with van der Waals surface area (Å²) < 4.78 is 1.74. The molecule has 0 saturated carbocycles. The monoisotopic (exact) mass is 382 g/mol. The summed E-state index contributed by atoms with van der Waals surface area (Å²) in [5.74, 6) is 0.693. The minimum atomic E-state index is 0.0217. The van der Waals surface area contributed by atoms with Gasteiger partial charge in [-0.25, -0.2) is 4.98 Å². The van der Waals surface area contributed by atoms with Gasteiger partial charge in [0.2, 0.25) is 0 Å². The minimum absolute atomic E-state index is 0.0217. The molecule has 1 N–H and O–H groups in total. The van der Waals surface area contributed by atoms with Gasteiger partial charge in [-0.15, -0.1) is 11.3 Å². The quantitative estimate of drug-likeness (QED) is 0.560. The fourth-order valence-corrected chi connectivity index (χ4v) is 3.99. The number of nitrogens with zero attached hydrogens (tertiary/aromatic N) is 2. The highest BCUT2D eigenvalue weighted by Gasteiger charge is 2.17. The first kappa shape index (κ1) is 19.4. The summed E-state index contributed by atoms with van der Waals surface area (Å²) in [5.41, 5.74) is 2.19. The number of para-hydroxylation sites is 1. The van der Waals surface area contributed by atoms with Gasteiger partial charge in [0.05, 0.1) is 5.56 Å². The Balaban J connectivity index is 2.05. The first-order chi connectivity index (χ1) is 13.1. The molecule has 5 heteroatoms. The van der Waals surface area contributed by atoms with Crippen molar-refractivity contribution in [2.45, 2.75) is 52.5 Å². The van der Waals surface area contributed by atoms with Crippen LogP contribution in [0, 0.1) is 6.92 Å². The van der Waals surface area contributed by atoms with Gasteiger partial charge in [0.25, 0.3) is 5.56 Å². The maximum absolute atomic E-state index is 13.3. The van der Waals surface area contributed by atoms with E-state index in [-0.39, 0.29) is 11.3 Å². The summed E-state index contributed by atoms with van der Waals surface area (Å²) in [6, 6.07) is 11.2. The average Bonchev–Trinajstić information content (AvgIpc) is 3.17. The Bertz CT molecular complexity index is 945. The van der Waals surface area contributed by atoms with E-state index in [1.165, 1.54) is 4.88 Å². The Morgan fingerprint density at radius 1 is 1.11 bits per heavy atom. The number of phenolic OH excluding ortho intramolecular Hbond substituents is 1. The lowest BCUT2D eigenvalue weighted by Gasteiger charge is -2.16. The molecule has 0 spiro atoms. The molecule has 0 radical (unpaired) electrons. The predicted octanol–water partition coefficient (Wildman–Crippen LogP) is 4.96. The number of thiophene rings is 1. The van der Waals surface area contributed by atoms with Crippen molar-refractivity contribution in [3.05, 3.63) is 68.3 Å². The van der Waals surface area contributed by atoms with Crippen LogP contribution in [-0.4, -0.2) is 14.7 Å². The number of rotatable bonds is 8. The van der Waals surface area contributed by atoms with E-state index in [4.69, 9.17) is 4.98 Å². The Hall–Kier alpha value is -2.40. The van der Waals surface area contributed by atoms with Crippen LogP contribution in [0.2, 0.25) is 0 Å². The van der Waals surface area contributed by atoms with Crippen LogP contribution in [-0.2, 0) is 19.4 Å². The third-order valence-electron chi connectivity index (χ3n) is 4.81. The van der Waals surface area contributed by atoms with Gasteiger partial charge < -0.3 is 5.11 Å². The standard InChI is InChI=1S/C22H26N2O2S/c1-3-4-5-10-18-16(2)23-21(19-11-6-7-12-20(19)25)24(22(18)26)14-13-17-9-8-15-27-17/h6-9,11-12,15,25H,3-5,10,13-14H2,1-2H3. The van der Waals surface area contributed by atoms with Gasteiger partial charge in [-0.1, -0.05) is 38.0 Å². The van der Waals surface area contributed by atoms with Gasteiger partial charge in [0, 0.05) is 22.7 Å². The Morgan fingerprint density at radius 2 is 1.93 bits per heavy atom. The number of hydrogen-bond acceptors (Lipinski definition) is 4. The zero-order chi connectivity index (χ0) is 19.2. The first-order valence-corrected chi connectivity index (χ1v) is 10.4. The molecule has 0 fully saturated rings. The SMILES string of the molecule is CCCCCc1c(C)nc(-c2ccccc2O)n(CCc2cccs2)c1=O. The van der Waals surface area contributed by atoms with Crippen molar-refractivity contribution < 1.29 is 5.11 Å². The highest BCUT2D eigenvalue weighted by Crippen LogP contribution is 2.27. The van der Waals surface area contributed by atoms with Crippen molar-refractivity contribution in [2.24, 2.45) is 0 Å². The van der Waals surface area contributed by atoms with Crippen LogP contribution >= 0.6 is 11.3 Å².